The monoisotopic (exact) mass is 338 g/mol. The van der Waals surface area contributed by atoms with Crippen molar-refractivity contribution in [3.63, 3.8) is 0 Å². The molecule has 0 unspecified atom stereocenters. The first-order valence-corrected chi connectivity index (χ1v) is 9.88. The van der Waals surface area contributed by atoms with Gasteiger partial charge in [-0.1, -0.05) is 38.1 Å². The predicted molar refractivity (Wildman–Crippen MR) is 92.0 cm³/mol. The predicted octanol–water partition coefficient (Wildman–Crippen LogP) is 1.54. The molecule has 2 rings (SSSR count). The third-order valence-electron chi connectivity index (χ3n) is 4.31. The fourth-order valence-electron chi connectivity index (χ4n) is 2.87. The minimum Gasteiger partial charge on any atom is -0.348 e. The molecule has 5 nitrogen and oxygen atoms in total. The van der Waals surface area contributed by atoms with E-state index in [2.05, 4.69) is 19.2 Å². The van der Waals surface area contributed by atoms with Gasteiger partial charge in [-0.15, -0.1) is 0 Å². The van der Waals surface area contributed by atoms with Crippen LogP contribution in [-0.2, 0) is 14.6 Å². The zero-order chi connectivity index (χ0) is 17.0. The summed E-state index contributed by atoms with van der Waals surface area (Å²) >= 11 is 0. The molecule has 1 amide bonds. The Morgan fingerprint density at radius 3 is 2.39 bits per heavy atom. The van der Waals surface area contributed by atoms with E-state index in [1.807, 2.05) is 36.1 Å². The van der Waals surface area contributed by atoms with Crippen molar-refractivity contribution < 1.29 is 13.2 Å². The van der Waals surface area contributed by atoms with Gasteiger partial charge in [0.05, 0.1) is 24.1 Å². The summed E-state index contributed by atoms with van der Waals surface area (Å²) in [6.45, 7) is 7.35. The number of nitrogens with zero attached hydrogens (tertiary/aromatic N) is 1. The fourth-order valence-corrected chi connectivity index (χ4v) is 4.15. The van der Waals surface area contributed by atoms with Crippen LogP contribution in [0.25, 0.3) is 0 Å². The average Bonchev–Trinajstić information content (AvgIpc) is 2.48. The molecule has 1 aromatic carbocycles. The van der Waals surface area contributed by atoms with Crippen molar-refractivity contribution in [2.24, 2.45) is 5.92 Å². The van der Waals surface area contributed by atoms with Gasteiger partial charge < -0.3 is 5.32 Å². The van der Waals surface area contributed by atoms with E-state index in [9.17, 15) is 13.2 Å². The van der Waals surface area contributed by atoms with E-state index < -0.39 is 9.84 Å². The highest BCUT2D eigenvalue weighted by atomic mass is 32.2. The molecule has 128 valence electrons. The maximum Gasteiger partial charge on any atom is 0.234 e. The molecule has 0 spiro atoms. The fraction of sp³-hybridized carbons (Fsp3) is 0.588. The number of aryl methyl sites for hydroxylation is 1. The Labute approximate surface area is 139 Å². The molecule has 1 atom stereocenters. The summed E-state index contributed by atoms with van der Waals surface area (Å²) in [6.07, 6.45) is 0. The number of sulfone groups is 1. The number of hydrogen-bond donors (Lipinski definition) is 1. The van der Waals surface area contributed by atoms with Crippen LogP contribution in [0.1, 0.15) is 31.0 Å². The molecule has 0 bridgehead atoms. The Morgan fingerprint density at radius 1 is 1.22 bits per heavy atom. The van der Waals surface area contributed by atoms with Gasteiger partial charge in [-0.3, -0.25) is 9.69 Å². The topological polar surface area (TPSA) is 66.5 Å². The first-order valence-electron chi connectivity index (χ1n) is 8.06. The number of carbonyl (C=O) groups excluding carboxylic acids is 1. The zero-order valence-corrected chi connectivity index (χ0v) is 14.9. The number of nitrogens with one attached hydrogen (secondary N) is 1. The zero-order valence-electron chi connectivity index (χ0n) is 14.1. The molecule has 1 aliphatic rings. The van der Waals surface area contributed by atoms with Crippen molar-refractivity contribution in [1.82, 2.24) is 10.2 Å². The van der Waals surface area contributed by atoms with Gasteiger partial charge in [0.15, 0.2) is 9.84 Å². The molecule has 6 heteroatoms. The summed E-state index contributed by atoms with van der Waals surface area (Å²) < 4.78 is 22.9. The molecule has 1 heterocycles. The molecule has 1 aromatic rings. The smallest absolute Gasteiger partial charge is 0.234 e. The van der Waals surface area contributed by atoms with Gasteiger partial charge in [-0.25, -0.2) is 8.42 Å². The molecule has 0 radical (unpaired) electrons. The standard InChI is InChI=1S/C17H26N2O3S/c1-13(2)17(15-7-5-4-6-14(15)3)18-16(20)12-19-8-10-23(21,22)11-9-19/h4-7,13,17H,8-12H2,1-3H3,(H,18,20)/t17-/m1/s1. The van der Waals surface area contributed by atoms with Crippen molar-refractivity contribution in [2.75, 3.05) is 31.1 Å². The minimum atomic E-state index is -2.91. The van der Waals surface area contributed by atoms with E-state index in [0.717, 1.165) is 11.1 Å². The van der Waals surface area contributed by atoms with Gasteiger partial charge >= 0.3 is 0 Å². The largest absolute Gasteiger partial charge is 0.348 e. The molecule has 1 fully saturated rings. The molecular weight excluding hydrogens is 312 g/mol. The third kappa shape index (κ3) is 5.04. The van der Waals surface area contributed by atoms with Gasteiger partial charge in [0.25, 0.3) is 0 Å². The molecule has 1 N–H and O–H groups in total. The second-order valence-corrected chi connectivity index (χ2v) is 8.88. The van der Waals surface area contributed by atoms with Crippen LogP contribution in [0, 0.1) is 12.8 Å². The summed E-state index contributed by atoms with van der Waals surface area (Å²) in [5.74, 6) is 0.519. The van der Waals surface area contributed by atoms with Crippen LogP contribution in [0.2, 0.25) is 0 Å². The lowest BCUT2D eigenvalue weighted by atomic mass is 9.92. The minimum absolute atomic E-state index is 0.0303. The van der Waals surface area contributed by atoms with E-state index >= 15 is 0 Å². The van der Waals surface area contributed by atoms with Crippen LogP contribution >= 0.6 is 0 Å². The van der Waals surface area contributed by atoms with Gasteiger partial charge in [-0.2, -0.15) is 0 Å². The average molecular weight is 338 g/mol. The maximum absolute atomic E-state index is 12.4. The summed E-state index contributed by atoms with van der Waals surface area (Å²) in [5.41, 5.74) is 2.30. The van der Waals surface area contributed by atoms with Crippen LogP contribution < -0.4 is 5.32 Å². The van der Waals surface area contributed by atoms with Crippen molar-refractivity contribution in [1.29, 1.82) is 0 Å². The van der Waals surface area contributed by atoms with Crippen molar-refractivity contribution in [3.05, 3.63) is 35.4 Å². The van der Waals surface area contributed by atoms with Crippen LogP contribution in [-0.4, -0.2) is 50.4 Å². The van der Waals surface area contributed by atoms with Crippen LogP contribution in [0.3, 0.4) is 0 Å². The number of benzene rings is 1. The lowest BCUT2D eigenvalue weighted by Crippen LogP contribution is -2.46. The first kappa shape index (κ1) is 17.9. The van der Waals surface area contributed by atoms with Crippen LogP contribution in [0.5, 0.6) is 0 Å². The Morgan fingerprint density at radius 2 is 1.83 bits per heavy atom. The second kappa shape index (κ2) is 7.45. The highest BCUT2D eigenvalue weighted by molar-refractivity contribution is 7.91. The molecule has 1 aliphatic heterocycles. The Hall–Kier alpha value is -1.40. The van der Waals surface area contributed by atoms with E-state index in [4.69, 9.17) is 0 Å². The molecule has 0 saturated carbocycles. The van der Waals surface area contributed by atoms with Gasteiger partial charge in [0.2, 0.25) is 5.91 Å². The van der Waals surface area contributed by atoms with Gasteiger partial charge in [0.1, 0.15) is 0 Å². The SMILES string of the molecule is Cc1ccccc1[C@H](NC(=O)CN1CCS(=O)(=O)CC1)C(C)C. The van der Waals surface area contributed by atoms with Gasteiger partial charge in [-0.05, 0) is 24.0 Å². The Kier molecular flexibility index (Phi) is 5.81. The highest BCUT2D eigenvalue weighted by Gasteiger charge is 2.25. The molecular formula is C17H26N2O3S. The number of hydrogen-bond acceptors (Lipinski definition) is 4. The molecule has 0 aliphatic carbocycles. The van der Waals surface area contributed by atoms with Gasteiger partial charge in [0, 0.05) is 13.1 Å². The Bertz CT molecular complexity index is 642. The summed E-state index contributed by atoms with van der Waals surface area (Å²) in [4.78, 5) is 14.3. The van der Waals surface area contributed by atoms with Crippen molar-refractivity contribution in [3.8, 4) is 0 Å². The number of rotatable bonds is 5. The molecule has 1 saturated heterocycles. The summed E-state index contributed by atoms with van der Waals surface area (Å²) in [6, 6.07) is 8.04. The van der Waals surface area contributed by atoms with E-state index in [-0.39, 0.29) is 35.9 Å². The summed E-state index contributed by atoms with van der Waals surface area (Å²) in [5, 5.41) is 3.11. The lowest BCUT2D eigenvalue weighted by Gasteiger charge is -2.28. The van der Waals surface area contributed by atoms with E-state index in [1.165, 1.54) is 0 Å². The van der Waals surface area contributed by atoms with Crippen LogP contribution in [0.15, 0.2) is 24.3 Å². The lowest BCUT2D eigenvalue weighted by molar-refractivity contribution is -0.123. The first-order chi connectivity index (χ1) is 10.8. The number of carbonyl (C=O) groups is 1. The summed E-state index contributed by atoms with van der Waals surface area (Å²) in [7, 11) is -2.91. The second-order valence-electron chi connectivity index (χ2n) is 6.57. The third-order valence-corrected chi connectivity index (χ3v) is 5.92. The van der Waals surface area contributed by atoms with E-state index in [0.29, 0.717) is 13.1 Å². The number of amides is 1. The molecule has 0 aromatic heterocycles. The Balaban J connectivity index is 1.98. The molecule has 23 heavy (non-hydrogen) atoms. The normalized spacial score (nSPS) is 19.5. The van der Waals surface area contributed by atoms with Crippen molar-refractivity contribution >= 4 is 15.7 Å². The quantitative estimate of drug-likeness (QED) is 0.884. The van der Waals surface area contributed by atoms with Crippen molar-refractivity contribution in [2.45, 2.75) is 26.8 Å². The highest BCUT2D eigenvalue weighted by Crippen LogP contribution is 2.24. The maximum atomic E-state index is 12.4. The van der Waals surface area contributed by atoms with Crippen LogP contribution in [0.4, 0.5) is 0 Å². The van der Waals surface area contributed by atoms with E-state index in [1.54, 1.807) is 0 Å².